The fourth-order valence-electron chi connectivity index (χ4n) is 3.16. The zero-order valence-corrected chi connectivity index (χ0v) is 14.5. The van der Waals surface area contributed by atoms with Crippen LogP contribution >= 0.6 is 0 Å². The molecule has 3 rings (SSSR count). The molecule has 0 spiro atoms. The minimum Gasteiger partial charge on any atom is -0.380 e. The molecule has 1 fully saturated rings. The van der Waals surface area contributed by atoms with Gasteiger partial charge in [-0.3, -0.25) is 4.68 Å². The van der Waals surface area contributed by atoms with Crippen LogP contribution < -0.4 is 0 Å². The Morgan fingerprint density at radius 3 is 2.65 bits per heavy atom. The Morgan fingerprint density at radius 1 is 1.39 bits per heavy atom. The predicted molar refractivity (Wildman–Crippen MR) is 83.3 cm³/mol. The maximum Gasteiger partial charge on any atom is 0.247 e. The lowest BCUT2D eigenvalue weighted by atomic mass is 10.2. The highest BCUT2D eigenvalue weighted by atomic mass is 32.2. The Hall–Kier alpha value is -1.71. The Bertz CT molecular complexity index is 797. The first-order chi connectivity index (χ1) is 10.9. The van der Waals surface area contributed by atoms with Gasteiger partial charge in [0.1, 0.15) is 10.7 Å². The molecule has 3 heterocycles. The van der Waals surface area contributed by atoms with Crippen molar-refractivity contribution < 1.29 is 13.2 Å². The number of methoxy groups -OCH3 is 1. The summed E-state index contributed by atoms with van der Waals surface area (Å²) in [4.78, 5) is 7.53. The summed E-state index contributed by atoms with van der Waals surface area (Å²) >= 11 is 0. The molecule has 23 heavy (non-hydrogen) atoms. The van der Waals surface area contributed by atoms with Gasteiger partial charge in [0.2, 0.25) is 10.0 Å². The average Bonchev–Trinajstić information content (AvgIpc) is 3.19. The van der Waals surface area contributed by atoms with Crippen molar-refractivity contribution in [2.75, 3.05) is 13.7 Å². The first kappa shape index (κ1) is 16.2. The minimum atomic E-state index is -3.69. The number of rotatable bonds is 4. The third-order valence-corrected chi connectivity index (χ3v) is 6.52. The number of hydrogen-bond donors (Lipinski definition) is 1. The van der Waals surface area contributed by atoms with E-state index >= 15 is 0 Å². The van der Waals surface area contributed by atoms with E-state index in [1.807, 2.05) is 0 Å². The lowest BCUT2D eigenvalue weighted by molar-refractivity contribution is 0.114. The van der Waals surface area contributed by atoms with E-state index in [1.54, 1.807) is 45.1 Å². The zero-order valence-electron chi connectivity index (χ0n) is 13.6. The number of hydrogen-bond acceptors (Lipinski definition) is 5. The summed E-state index contributed by atoms with van der Waals surface area (Å²) in [7, 11) is -0.346. The number of nitrogens with zero attached hydrogens (tertiary/aromatic N) is 4. The van der Waals surface area contributed by atoms with Crippen molar-refractivity contribution in [3.63, 3.8) is 0 Å². The van der Waals surface area contributed by atoms with E-state index in [0.717, 1.165) is 0 Å². The largest absolute Gasteiger partial charge is 0.380 e. The van der Waals surface area contributed by atoms with Crippen LogP contribution in [-0.4, -0.2) is 52.2 Å². The lowest BCUT2D eigenvalue weighted by Crippen LogP contribution is -2.33. The van der Waals surface area contributed by atoms with Crippen molar-refractivity contribution in [2.45, 2.75) is 37.3 Å². The summed E-state index contributed by atoms with van der Waals surface area (Å²) in [5.74, 6) is 0.632. The van der Waals surface area contributed by atoms with Crippen LogP contribution in [0, 0.1) is 13.8 Å². The van der Waals surface area contributed by atoms with Gasteiger partial charge in [0.05, 0.1) is 23.5 Å². The van der Waals surface area contributed by atoms with E-state index in [9.17, 15) is 8.42 Å². The molecule has 126 valence electrons. The number of ether oxygens (including phenoxy) is 1. The van der Waals surface area contributed by atoms with Gasteiger partial charge in [0, 0.05) is 33.1 Å². The lowest BCUT2D eigenvalue weighted by Gasteiger charge is -2.22. The summed E-state index contributed by atoms with van der Waals surface area (Å²) in [6.07, 6.45) is 3.74. The summed E-state index contributed by atoms with van der Waals surface area (Å²) in [6.45, 7) is 3.78. The van der Waals surface area contributed by atoms with Gasteiger partial charge in [-0.25, -0.2) is 13.4 Å². The van der Waals surface area contributed by atoms with E-state index in [0.29, 0.717) is 30.2 Å². The van der Waals surface area contributed by atoms with Crippen LogP contribution in [0.3, 0.4) is 0 Å². The smallest absolute Gasteiger partial charge is 0.247 e. The second-order valence-corrected chi connectivity index (χ2v) is 7.61. The topological polar surface area (TPSA) is 93.1 Å². The number of sulfonamides is 1. The second kappa shape index (κ2) is 5.73. The van der Waals surface area contributed by atoms with E-state index in [4.69, 9.17) is 4.74 Å². The Morgan fingerprint density at radius 2 is 2.13 bits per heavy atom. The van der Waals surface area contributed by atoms with Gasteiger partial charge in [-0.05, 0) is 20.3 Å². The highest BCUT2D eigenvalue weighted by Gasteiger charge is 2.44. The average molecular weight is 339 g/mol. The third-order valence-electron chi connectivity index (χ3n) is 4.40. The van der Waals surface area contributed by atoms with Gasteiger partial charge in [-0.2, -0.15) is 9.40 Å². The molecular formula is C14H21N5O3S. The normalized spacial score (nSPS) is 22.8. The summed E-state index contributed by atoms with van der Waals surface area (Å²) < 4.78 is 34.9. The Kier molecular flexibility index (Phi) is 4.03. The van der Waals surface area contributed by atoms with Crippen molar-refractivity contribution >= 4 is 10.0 Å². The predicted octanol–water partition coefficient (Wildman–Crippen LogP) is 0.911. The van der Waals surface area contributed by atoms with Gasteiger partial charge < -0.3 is 9.72 Å². The van der Waals surface area contributed by atoms with Crippen LogP contribution in [0.2, 0.25) is 0 Å². The number of aryl methyl sites for hydroxylation is 2. The van der Waals surface area contributed by atoms with E-state index in [2.05, 4.69) is 15.1 Å². The Balaban J connectivity index is 2.06. The molecule has 0 amide bonds. The molecule has 0 saturated carbocycles. The molecule has 2 aromatic rings. The van der Waals surface area contributed by atoms with Crippen LogP contribution in [-0.2, 0) is 21.8 Å². The SMILES string of the molecule is CO[C@@H]1CC(c2ncc[nH]2)N(S(=O)(=O)c2c(C)nn(C)c2C)C1. The van der Waals surface area contributed by atoms with Gasteiger partial charge in [0.15, 0.2) is 0 Å². The first-order valence-electron chi connectivity index (χ1n) is 7.40. The number of aromatic nitrogens is 4. The fourth-order valence-corrected chi connectivity index (χ4v) is 5.20. The fraction of sp³-hybridized carbons (Fsp3) is 0.571. The maximum atomic E-state index is 13.2. The van der Waals surface area contributed by atoms with Gasteiger partial charge >= 0.3 is 0 Å². The van der Waals surface area contributed by atoms with Crippen molar-refractivity contribution in [2.24, 2.45) is 7.05 Å². The van der Waals surface area contributed by atoms with Crippen LogP contribution in [0.4, 0.5) is 0 Å². The first-order valence-corrected chi connectivity index (χ1v) is 8.84. The molecule has 1 unspecified atom stereocenters. The molecule has 0 aliphatic carbocycles. The molecule has 9 heteroatoms. The monoisotopic (exact) mass is 339 g/mol. The molecule has 1 aliphatic rings. The molecule has 0 radical (unpaired) electrons. The highest BCUT2D eigenvalue weighted by Crippen LogP contribution is 2.37. The molecule has 1 N–H and O–H groups in total. The Labute approximate surface area is 135 Å². The number of nitrogens with one attached hydrogen (secondary N) is 1. The van der Waals surface area contributed by atoms with Crippen molar-refractivity contribution in [3.8, 4) is 0 Å². The standard InChI is InChI=1S/C14H21N5O3S/c1-9-13(10(2)18(3)17-9)23(20,21)19-8-11(22-4)7-12(19)14-15-5-6-16-14/h5-6,11-12H,7-8H2,1-4H3,(H,15,16)/t11-,12?/m1/s1. The molecule has 8 nitrogen and oxygen atoms in total. The van der Waals surface area contributed by atoms with Crippen molar-refractivity contribution in [3.05, 3.63) is 29.6 Å². The third kappa shape index (κ3) is 2.58. The number of H-pyrrole nitrogens is 1. The van der Waals surface area contributed by atoms with Gasteiger partial charge in [-0.1, -0.05) is 0 Å². The van der Waals surface area contributed by atoms with Crippen LogP contribution in [0.25, 0.3) is 0 Å². The van der Waals surface area contributed by atoms with Crippen molar-refractivity contribution in [1.82, 2.24) is 24.1 Å². The molecular weight excluding hydrogens is 318 g/mol. The molecule has 1 saturated heterocycles. The number of aromatic amines is 1. The summed E-state index contributed by atoms with van der Waals surface area (Å²) in [5, 5.41) is 4.23. The summed E-state index contributed by atoms with van der Waals surface area (Å²) in [5.41, 5.74) is 1.13. The van der Waals surface area contributed by atoms with E-state index in [-0.39, 0.29) is 17.0 Å². The van der Waals surface area contributed by atoms with E-state index < -0.39 is 10.0 Å². The number of imidazole rings is 1. The van der Waals surface area contributed by atoms with Crippen LogP contribution in [0.5, 0.6) is 0 Å². The second-order valence-electron chi connectivity index (χ2n) is 5.78. The highest BCUT2D eigenvalue weighted by molar-refractivity contribution is 7.89. The molecule has 0 bridgehead atoms. The zero-order chi connectivity index (χ0) is 16.8. The van der Waals surface area contributed by atoms with Crippen LogP contribution in [0.1, 0.15) is 29.7 Å². The van der Waals surface area contributed by atoms with Crippen LogP contribution in [0.15, 0.2) is 17.3 Å². The molecule has 1 aliphatic heterocycles. The molecule has 2 aromatic heterocycles. The van der Waals surface area contributed by atoms with E-state index in [1.165, 1.54) is 4.31 Å². The maximum absolute atomic E-state index is 13.2. The quantitative estimate of drug-likeness (QED) is 0.894. The molecule has 0 aromatic carbocycles. The minimum absolute atomic E-state index is 0.155. The summed E-state index contributed by atoms with van der Waals surface area (Å²) in [6, 6.07) is -0.362. The van der Waals surface area contributed by atoms with Gasteiger partial charge in [-0.15, -0.1) is 0 Å². The van der Waals surface area contributed by atoms with Crippen molar-refractivity contribution in [1.29, 1.82) is 0 Å². The van der Waals surface area contributed by atoms with Gasteiger partial charge in [0.25, 0.3) is 0 Å². The molecule has 2 atom stereocenters.